The second kappa shape index (κ2) is 8.04. The fourth-order valence-corrected chi connectivity index (χ4v) is 3.73. The molecule has 9 nitrogen and oxygen atoms in total. The van der Waals surface area contributed by atoms with Crippen molar-refractivity contribution in [2.45, 2.75) is 19.5 Å². The number of benzene rings is 1. The molecule has 0 aliphatic carbocycles. The molecule has 3 aromatic heterocycles. The van der Waals surface area contributed by atoms with Gasteiger partial charge in [0.25, 0.3) is 5.69 Å². The number of para-hydroxylation sites is 1. The second-order valence-corrected chi connectivity index (χ2v) is 7.29. The van der Waals surface area contributed by atoms with Gasteiger partial charge in [0.1, 0.15) is 17.8 Å². The third kappa shape index (κ3) is 3.90. The molecule has 0 radical (unpaired) electrons. The monoisotopic (exact) mass is 414 g/mol. The van der Waals surface area contributed by atoms with Crippen LogP contribution >= 0.6 is 0 Å². The van der Waals surface area contributed by atoms with E-state index in [9.17, 15) is 10.1 Å². The topological polar surface area (TPSA) is 111 Å². The molecule has 0 fully saturated rings. The van der Waals surface area contributed by atoms with Crippen molar-refractivity contribution < 1.29 is 9.34 Å². The Hall–Kier alpha value is -3.98. The largest absolute Gasteiger partial charge is 0.459 e. The molecule has 1 aliphatic rings. The first-order valence-electron chi connectivity index (χ1n) is 9.82. The summed E-state index contributed by atoms with van der Waals surface area (Å²) in [6.07, 6.45) is 7.55. The van der Waals surface area contributed by atoms with Gasteiger partial charge in [0.15, 0.2) is 5.82 Å². The maximum atomic E-state index is 11.3. The van der Waals surface area contributed by atoms with Gasteiger partial charge in [0, 0.05) is 49.7 Å². The van der Waals surface area contributed by atoms with Crippen LogP contribution in [0.15, 0.2) is 65.7 Å². The smallest absolute Gasteiger partial charge is 0.280 e. The van der Waals surface area contributed by atoms with E-state index in [1.54, 1.807) is 36.7 Å². The lowest BCUT2D eigenvalue weighted by molar-refractivity contribution is -0.384. The lowest BCUT2D eigenvalue weighted by atomic mass is 10.1. The molecular formula is C22H18N6O3. The number of furan rings is 1. The van der Waals surface area contributed by atoms with Crippen LogP contribution in [0.5, 0.6) is 0 Å². The van der Waals surface area contributed by atoms with Crippen LogP contribution in [0.1, 0.15) is 17.0 Å². The zero-order valence-corrected chi connectivity index (χ0v) is 16.5. The number of aromatic nitrogens is 4. The Morgan fingerprint density at radius 2 is 1.94 bits per heavy atom. The quantitative estimate of drug-likeness (QED) is 0.359. The van der Waals surface area contributed by atoms with Crippen LogP contribution in [0.4, 0.5) is 5.69 Å². The van der Waals surface area contributed by atoms with Crippen LogP contribution in [-0.4, -0.2) is 36.3 Å². The lowest BCUT2D eigenvalue weighted by Gasteiger charge is -2.27. The molecule has 0 amide bonds. The SMILES string of the molecule is O=[N+]([O-])c1ccccc1-c1ccc(CN2CCc3nc(-c4cncnc4)ncc3C2)o1. The summed E-state index contributed by atoms with van der Waals surface area (Å²) in [6.45, 7) is 2.15. The Balaban J connectivity index is 1.31. The maximum Gasteiger partial charge on any atom is 0.280 e. The van der Waals surface area contributed by atoms with E-state index >= 15 is 0 Å². The number of rotatable bonds is 5. The minimum atomic E-state index is -0.394. The van der Waals surface area contributed by atoms with E-state index in [1.165, 1.54) is 12.4 Å². The minimum absolute atomic E-state index is 0.0343. The Morgan fingerprint density at radius 3 is 2.77 bits per heavy atom. The van der Waals surface area contributed by atoms with Gasteiger partial charge in [0.05, 0.1) is 28.3 Å². The fraction of sp³-hybridized carbons (Fsp3) is 0.182. The molecule has 4 aromatic rings. The maximum absolute atomic E-state index is 11.3. The first-order valence-corrected chi connectivity index (χ1v) is 9.82. The van der Waals surface area contributed by atoms with Gasteiger partial charge in [-0.05, 0) is 18.2 Å². The van der Waals surface area contributed by atoms with Crippen LogP contribution in [0, 0.1) is 10.1 Å². The molecule has 154 valence electrons. The van der Waals surface area contributed by atoms with Gasteiger partial charge in [-0.15, -0.1) is 0 Å². The van der Waals surface area contributed by atoms with E-state index in [1.807, 2.05) is 12.3 Å². The van der Waals surface area contributed by atoms with Crippen LogP contribution in [0.25, 0.3) is 22.7 Å². The average Bonchev–Trinajstić information content (AvgIpc) is 3.27. The molecule has 5 rings (SSSR count). The highest BCUT2D eigenvalue weighted by molar-refractivity contribution is 5.69. The van der Waals surface area contributed by atoms with Crippen LogP contribution in [0.3, 0.4) is 0 Å². The first kappa shape index (κ1) is 19.0. The van der Waals surface area contributed by atoms with Crippen molar-refractivity contribution in [3.05, 3.63) is 88.4 Å². The van der Waals surface area contributed by atoms with Crippen molar-refractivity contribution in [3.63, 3.8) is 0 Å². The molecule has 31 heavy (non-hydrogen) atoms. The highest BCUT2D eigenvalue weighted by Gasteiger charge is 2.21. The van der Waals surface area contributed by atoms with Crippen molar-refractivity contribution >= 4 is 5.69 Å². The Kier molecular flexibility index (Phi) is 4.93. The van der Waals surface area contributed by atoms with Crippen molar-refractivity contribution in [1.29, 1.82) is 0 Å². The number of fused-ring (bicyclic) bond motifs is 1. The summed E-state index contributed by atoms with van der Waals surface area (Å²) in [6, 6.07) is 10.2. The molecule has 0 saturated carbocycles. The zero-order valence-electron chi connectivity index (χ0n) is 16.5. The third-order valence-corrected chi connectivity index (χ3v) is 5.24. The van der Waals surface area contributed by atoms with Crippen molar-refractivity contribution in [3.8, 4) is 22.7 Å². The summed E-state index contributed by atoms with van der Waals surface area (Å²) in [5, 5.41) is 11.3. The summed E-state index contributed by atoms with van der Waals surface area (Å²) in [4.78, 5) is 30.3. The predicted octanol–water partition coefficient (Wildman–Crippen LogP) is 3.66. The Bertz CT molecular complexity index is 1240. The highest BCUT2D eigenvalue weighted by Crippen LogP contribution is 2.31. The standard InChI is InChI=1S/C22H18N6O3/c29-28(30)20-4-2-1-3-18(20)21-6-5-17(31-21)13-27-8-7-19-16(12-27)11-25-22(26-19)15-9-23-14-24-10-15/h1-6,9-11,14H,7-8,12-13H2. The molecule has 9 heteroatoms. The number of hydrogen-bond acceptors (Lipinski definition) is 8. The first-order chi connectivity index (χ1) is 15.2. The molecule has 0 atom stereocenters. The number of nitro groups is 1. The predicted molar refractivity (Wildman–Crippen MR) is 112 cm³/mol. The van der Waals surface area contributed by atoms with Gasteiger partial charge in [-0.25, -0.2) is 19.9 Å². The van der Waals surface area contributed by atoms with Crippen LogP contribution < -0.4 is 0 Å². The van der Waals surface area contributed by atoms with Crippen LogP contribution in [-0.2, 0) is 19.5 Å². The summed E-state index contributed by atoms with van der Waals surface area (Å²) in [5.41, 5.74) is 3.42. The molecule has 0 N–H and O–H groups in total. The van der Waals surface area contributed by atoms with E-state index in [2.05, 4.69) is 24.8 Å². The molecule has 1 aromatic carbocycles. The van der Waals surface area contributed by atoms with Gasteiger partial charge < -0.3 is 4.42 Å². The average molecular weight is 414 g/mol. The van der Waals surface area contributed by atoms with Gasteiger partial charge in [-0.3, -0.25) is 15.0 Å². The number of nitro benzene ring substituents is 1. The second-order valence-electron chi connectivity index (χ2n) is 7.29. The van der Waals surface area contributed by atoms with Gasteiger partial charge >= 0.3 is 0 Å². The fourth-order valence-electron chi connectivity index (χ4n) is 3.73. The van der Waals surface area contributed by atoms with E-state index < -0.39 is 4.92 Å². The molecule has 4 heterocycles. The minimum Gasteiger partial charge on any atom is -0.459 e. The van der Waals surface area contributed by atoms with E-state index in [-0.39, 0.29) is 5.69 Å². The molecular weight excluding hydrogens is 396 g/mol. The third-order valence-electron chi connectivity index (χ3n) is 5.24. The summed E-state index contributed by atoms with van der Waals surface area (Å²) in [7, 11) is 0. The van der Waals surface area contributed by atoms with Crippen molar-refractivity contribution in [2.75, 3.05) is 6.54 Å². The van der Waals surface area contributed by atoms with Crippen LogP contribution in [0.2, 0.25) is 0 Å². The molecule has 0 unspecified atom stereocenters. The summed E-state index contributed by atoms with van der Waals surface area (Å²) >= 11 is 0. The van der Waals surface area contributed by atoms with Gasteiger partial charge in [-0.2, -0.15) is 0 Å². The van der Waals surface area contributed by atoms with Crippen molar-refractivity contribution in [2.24, 2.45) is 0 Å². The van der Waals surface area contributed by atoms with E-state index in [0.29, 0.717) is 30.2 Å². The highest BCUT2D eigenvalue weighted by atomic mass is 16.6. The Morgan fingerprint density at radius 1 is 1.10 bits per heavy atom. The van der Waals surface area contributed by atoms with Gasteiger partial charge in [0.2, 0.25) is 0 Å². The summed E-state index contributed by atoms with van der Waals surface area (Å²) in [5.74, 6) is 1.89. The number of nitrogens with zero attached hydrogens (tertiary/aromatic N) is 6. The molecule has 1 aliphatic heterocycles. The molecule has 0 bridgehead atoms. The normalized spacial score (nSPS) is 13.7. The Labute approximate surface area is 177 Å². The lowest BCUT2D eigenvalue weighted by Crippen LogP contribution is -2.30. The van der Waals surface area contributed by atoms with E-state index in [4.69, 9.17) is 4.42 Å². The molecule has 0 spiro atoms. The number of hydrogen-bond donors (Lipinski definition) is 0. The van der Waals surface area contributed by atoms with E-state index in [0.717, 1.165) is 35.5 Å². The van der Waals surface area contributed by atoms with Gasteiger partial charge in [-0.1, -0.05) is 12.1 Å². The molecule has 0 saturated heterocycles. The van der Waals surface area contributed by atoms with Crippen molar-refractivity contribution in [1.82, 2.24) is 24.8 Å². The summed E-state index contributed by atoms with van der Waals surface area (Å²) < 4.78 is 5.94. The zero-order chi connectivity index (χ0) is 21.2.